The van der Waals surface area contributed by atoms with E-state index in [0.717, 1.165) is 38.0 Å². The summed E-state index contributed by atoms with van der Waals surface area (Å²) < 4.78 is 0. The molecular weight excluding hydrogens is 332 g/mol. The van der Waals surface area contributed by atoms with Crippen LogP contribution in [0.3, 0.4) is 0 Å². The minimum Gasteiger partial charge on any atom is -0.375 e. The van der Waals surface area contributed by atoms with E-state index in [2.05, 4.69) is 46.4 Å². The van der Waals surface area contributed by atoms with Gasteiger partial charge >= 0.3 is 0 Å². The highest BCUT2D eigenvalue weighted by Gasteiger charge is 2.26. The van der Waals surface area contributed by atoms with Crippen molar-refractivity contribution in [2.75, 3.05) is 18.8 Å². The maximum absolute atomic E-state index is 12.6. The molecule has 1 amide bonds. The number of thiazole rings is 1. The minimum absolute atomic E-state index is 0.0475. The standard InChI is InChI=1S/C19H26N4OS/c1-13-3-5-15(6-4-13)14(2)22-18(24)16-7-9-23(10-8-16)12-17-11-21-19(20)25-17/h3-6,11,14,16H,7-10,12H2,1-2H3,(H2,20,21)(H,22,24). The Bertz CT molecular complexity index is 704. The van der Waals surface area contributed by atoms with Crippen LogP contribution in [0.25, 0.3) is 0 Å². The molecule has 5 nitrogen and oxygen atoms in total. The number of carbonyl (C=O) groups excluding carboxylic acids is 1. The molecule has 1 fully saturated rings. The molecule has 0 radical (unpaired) electrons. The van der Waals surface area contributed by atoms with Gasteiger partial charge in [-0.15, -0.1) is 11.3 Å². The molecule has 0 spiro atoms. The first kappa shape index (κ1) is 17.9. The summed E-state index contributed by atoms with van der Waals surface area (Å²) in [5, 5.41) is 3.79. The highest BCUT2D eigenvalue weighted by atomic mass is 32.1. The van der Waals surface area contributed by atoms with E-state index in [4.69, 9.17) is 5.73 Å². The van der Waals surface area contributed by atoms with Crippen molar-refractivity contribution in [1.82, 2.24) is 15.2 Å². The molecule has 0 saturated carbocycles. The molecule has 0 aliphatic carbocycles. The summed E-state index contributed by atoms with van der Waals surface area (Å²) >= 11 is 1.54. The number of aryl methyl sites for hydroxylation is 1. The molecule has 2 heterocycles. The van der Waals surface area contributed by atoms with Gasteiger partial charge in [0.05, 0.1) is 6.04 Å². The van der Waals surface area contributed by atoms with Crippen LogP contribution in [0.15, 0.2) is 30.5 Å². The number of nitrogens with two attached hydrogens (primary N) is 1. The van der Waals surface area contributed by atoms with Gasteiger partial charge in [-0.05, 0) is 45.3 Å². The van der Waals surface area contributed by atoms with Gasteiger partial charge in [-0.3, -0.25) is 9.69 Å². The molecule has 1 aromatic heterocycles. The minimum atomic E-state index is 0.0475. The van der Waals surface area contributed by atoms with Gasteiger partial charge < -0.3 is 11.1 Å². The van der Waals surface area contributed by atoms with Gasteiger partial charge in [-0.25, -0.2) is 4.98 Å². The maximum atomic E-state index is 12.6. The summed E-state index contributed by atoms with van der Waals surface area (Å²) in [6, 6.07) is 8.39. The summed E-state index contributed by atoms with van der Waals surface area (Å²) in [6.45, 7) is 6.87. The van der Waals surface area contributed by atoms with Crippen molar-refractivity contribution in [3.8, 4) is 0 Å². The second-order valence-corrected chi connectivity index (χ2v) is 8.00. The molecule has 1 aliphatic rings. The van der Waals surface area contributed by atoms with Gasteiger partial charge in [0.25, 0.3) is 0 Å². The van der Waals surface area contributed by atoms with Crippen LogP contribution in [-0.4, -0.2) is 28.9 Å². The summed E-state index contributed by atoms with van der Waals surface area (Å²) in [7, 11) is 0. The van der Waals surface area contributed by atoms with Crippen LogP contribution in [0.5, 0.6) is 0 Å². The molecule has 1 atom stereocenters. The van der Waals surface area contributed by atoms with Gasteiger partial charge in [-0.2, -0.15) is 0 Å². The van der Waals surface area contributed by atoms with Crippen LogP contribution in [0.4, 0.5) is 5.13 Å². The number of nitrogens with zero attached hydrogens (tertiary/aromatic N) is 2. The number of anilines is 1. The Morgan fingerprint density at radius 2 is 2.04 bits per heavy atom. The zero-order chi connectivity index (χ0) is 17.8. The van der Waals surface area contributed by atoms with Crippen molar-refractivity contribution in [3.63, 3.8) is 0 Å². The third-order valence-electron chi connectivity index (χ3n) is 4.85. The predicted molar refractivity (Wildman–Crippen MR) is 102 cm³/mol. The Labute approximate surface area is 153 Å². The van der Waals surface area contributed by atoms with Gasteiger partial charge in [0.15, 0.2) is 5.13 Å². The Balaban J connectivity index is 1.47. The lowest BCUT2D eigenvalue weighted by Crippen LogP contribution is -2.40. The number of nitrogen functional groups attached to an aromatic ring is 1. The van der Waals surface area contributed by atoms with Crippen molar-refractivity contribution >= 4 is 22.4 Å². The molecule has 1 aliphatic heterocycles. The maximum Gasteiger partial charge on any atom is 0.223 e. The number of carbonyl (C=O) groups is 1. The molecule has 1 aromatic carbocycles. The van der Waals surface area contributed by atoms with Gasteiger partial charge in [-0.1, -0.05) is 29.8 Å². The monoisotopic (exact) mass is 358 g/mol. The Morgan fingerprint density at radius 1 is 1.36 bits per heavy atom. The van der Waals surface area contributed by atoms with Crippen molar-refractivity contribution in [1.29, 1.82) is 0 Å². The van der Waals surface area contributed by atoms with Gasteiger partial charge in [0.2, 0.25) is 5.91 Å². The molecule has 134 valence electrons. The Morgan fingerprint density at radius 3 is 2.64 bits per heavy atom. The number of benzene rings is 1. The largest absolute Gasteiger partial charge is 0.375 e. The smallest absolute Gasteiger partial charge is 0.223 e. The Kier molecular flexibility index (Phi) is 5.71. The molecule has 0 bridgehead atoms. The number of aromatic nitrogens is 1. The van der Waals surface area contributed by atoms with E-state index >= 15 is 0 Å². The highest BCUT2D eigenvalue weighted by molar-refractivity contribution is 7.15. The molecule has 3 N–H and O–H groups in total. The lowest BCUT2D eigenvalue weighted by atomic mass is 9.95. The predicted octanol–water partition coefficient (Wildman–Crippen LogP) is 3.12. The molecule has 1 unspecified atom stereocenters. The average molecular weight is 359 g/mol. The SMILES string of the molecule is Cc1ccc(C(C)NC(=O)C2CCN(Cc3cnc(N)s3)CC2)cc1. The van der Waals surface area contributed by atoms with E-state index in [-0.39, 0.29) is 17.9 Å². The molecule has 3 rings (SSSR count). The fraction of sp³-hybridized carbons (Fsp3) is 0.474. The van der Waals surface area contributed by atoms with Crippen LogP contribution >= 0.6 is 11.3 Å². The third-order valence-corrected chi connectivity index (χ3v) is 5.66. The third kappa shape index (κ3) is 4.80. The first-order valence-electron chi connectivity index (χ1n) is 8.81. The zero-order valence-electron chi connectivity index (χ0n) is 14.9. The number of likely N-dealkylation sites (tertiary alicyclic amines) is 1. The van der Waals surface area contributed by atoms with Gasteiger partial charge in [0.1, 0.15) is 0 Å². The van der Waals surface area contributed by atoms with E-state index in [1.54, 1.807) is 11.3 Å². The number of hydrogen-bond donors (Lipinski definition) is 2. The zero-order valence-corrected chi connectivity index (χ0v) is 15.7. The fourth-order valence-electron chi connectivity index (χ4n) is 3.24. The normalized spacial score (nSPS) is 17.4. The van der Waals surface area contributed by atoms with Crippen LogP contribution in [-0.2, 0) is 11.3 Å². The summed E-state index contributed by atoms with van der Waals surface area (Å²) in [5.74, 6) is 0.283. The summed E-state index contributed by atoms with van der Waals surface area (Å²) in [6.07, 6.45) is 3.66. The quantitative estimate of drug-likeness (QED) is 0.861. The van der Waals surface area contributed by atoms with Crippen LogP contribution in [0, 0.1) is 12.8 Å². The van der Waals surface area contributed by atoms with Crippen LogP contribution in [0.2, 0.25) is 0 Å². The van der Waals surface area contributed by atoms with Crippen LogP contribution < -0.4 is 11.1 Å². The number of hydrogen-bond acceptors (Lipinski definition) is 5. The van der Waals surface area contributed by atoms with Crippen molar-refractivity contribution < 1.29 is 4.79 Å². The molecule has 1 saturated heterocycles. The number of amides is 1. The van der Waals surface area contributed by atoms with Gasteiger partial charge in [0, 0.05) is 23.5 Å². The number of rotatable bonds is 5. The second-order valence-electron chi connectivity index (χ2n) is 6.86. The molecule has 25 heavy (non-hydrogen) atoms. The Hall–Kier alpha value is -1.92. The van der Waals surface area contributed by atoms with Crippen molar-refractivity contribution in [2.24, 2.45) is 5.92 Å². The highest BCUT2D eigenvalue weighted by Crippen LogP contribution is 2.23. The van der Waals surface area contributed by atoms with E-state index in [1.165, 1.54) is 10.4 Å². The lowest BCUT2D eigenvalue weighted by molar-refractivity contribution is -0.127. The van der Waals surface area contributed by atoms with E-state index in [1.807, 2.05) is 13.1 Å². The van der Waals surface area contributed by atoms with Crippen LogP contribution in [0.1, 0.15) is 41.8 Å². The van der Waals surface area contributed by atoms with E-state index in [9.17, 15) is 4.79 Å². The summed E-state index contributed by atoms with van der Waals surface area (Å²) in [5.41, 5.74) is 8.07. The average Bonchev–Trinajstić information content (AvgIpc) is 3.01. The number of piperidine rings is 1. The van der Waals surface area contributed by atoms with Crippen molar-refractivity contribution in [3.05, 3.63) is 46.5 Å². The first-order chi connectivity index (χ1) is 12.0. The second kappa shape index (κ2) is 7.97. The number of nitrogens with one attached hydrogen (secondary N) is 1. The lowest BCUT2D eigenvalue weighted by Gasteiger charge is -2.31. The van der Waals surface area contributed by atoms with Crippen molar-refractivity contribution in [2.45, 2.75) is 39.3 Å². The van der Waals surface area contributed by atoms with E-state index in [0.29, 0.717) is 5.13 Å². The first-order valence-corrected chi connectivity index (χ1v) is 9.62. The summed E-state index contributed by atoms with van der Waals surface area (Å²) in [4.78, 5) is 20.2. The molecular formula is C19H26N4OS. The topological polar surface area (TPSA) is 71.2 Å². The molecule has 2 aromatic rings. The molecule has 6 heteroatoms. The van der Waals surface area contributed by atoms with E-state index < -0.39 is 0 Å². The fourth-order valence-corrected chi connectivity index (χ4v) is 3.97.